The number of nitrogens with zero attached hydrogens (tertiary/aromatic N) is 4. The molecule has 1 aromatic heterocycles. The van der Waals surface area contributed by atoms with E-state index in [1.54, 1.807) is 23.4 Å². The summed E-state index contributed by atoms with van der Waals surface area (Å²) in [5.74, 6) is 0.504. The molecule has 0 atom stereocenters. The lowest BCUT2D eigenvalue weighted by molar-refractivity contribution is 0.0689. The number of fused-ring (bicyclic) bond motifs is 1. The van der Waals surface area contributed by atoms with E-state index in [1.165, 1.54) is 4.31 Å². The third kappa shape index (κ3) is 2.72. The minimum atomic E-state index is -3.26. The predicted octanol–water partition coefficient (Wildman–Crippen LogP) is 0.0799. The van der Waals surface area contributed by atoms with Crippen LogP contribution < -0.4 is 4.74 Å². The van der Waals surface area contributed by atoms with Gasteiger partial charge in [0.05, 0.1) is 11.8 Å². The van der Waals surface area contributed by atoms with E-state index < -0.39 is 15.3 Å². The molecule has 1 fully saturated rings. The summed E-state index contributed by atoms with van der Waals surface area (Å²) in [4.78, 5) is 14.3. The van der Waals surface area contributed by atoms with E-state index in [9.17, 15) is 13.2 Å². The number of piperazine rings is 1. The summed E-state index contributed by atoms with van der Waals surface area (Å²) in [7, 11) is -3.26. The maximum atomic E-state index is 12.6. The summed E-state index contributed by atoms with van der Waals surface area (Å²) >= 11 is 0. The maximum absolute atomic E-state index is 12.6. The molecule has 0 radical (unpaired) electrons. The van der Waals surface area contributed by atoms with Crippen LogP contribution in [-0.4, -0.2) is 71.3 Å². The summed E-state index contributed by atoms with van der Waals surface area (Å²) in [5.41, 5.74) is 1.16. The molecular weight excluding hydrogens is 320 g/mol. The smallest absolute Gasteiger partial charge is 0.274 e. The fourth-order valence-corrected chi connectivity index (χ4v) is 4.16. The number of ether oxygens (including phenoxy) is 1. The van der Waals surface area contributed by atoms with Gasteiger partial charge in [0.1, 0.15) is 6.61 Å². The first-order valence-corrected chi connectivity index (χ1v) is 9.31. The third-order valence-corrected chi connectivity index (χ3v) is 6.63. The highest BCUT2D eigenvalue weighted by atomic mass is 32.2. The van der Waals surface area contributed by atoms with Gasteiger partial charge in [-0.3, -0.25) is 4.79 Å². The van der Waals surface area contributed by atoms with Crippen LogP contribution in [0.15, 0.2) is 0 Å². The highest BCUT2D eigenvalue weighted by Crippen LogP contribution is 2.26. The lowest BCUT2D eigenvalue weighted by Crippen LogP contribution is -2.52. The van der Waals surface area contributed by atoms with Crippen LogP contribution in [-0.2, 0) is 16.6 Å². The van der Waals surface area contributed by atoms with Gasteiger partial charge in [-0.15, -0.1) is 0 Å². The van der Waals surface area contributed by atoms with Gasteiger partial charge in [0, 0.05) is 31.7 Å². The van der Waals surface area contributed by atoms with Crippen molar-refractivity contribution in [1.82, 2.24) is 19.0 Å². The van der Waals surface area contributed by atoms with Gasteiger partial charge in [-0.2, -0.15) is 9.40 Å². The number of amides is 1. The highest BCUT2D eigenvalue weighted by molar-refractivity contribution is 7.89. The van der Waals surface area contributed by atoms with Gasteiger partial charge in [-0.05, 0) is 20.8 Å². The molecule has 2 aliphatic heterocycles. The summed E-state index contributed by atoms with van der Waals surface area (Å²) in [5, 5.41) is 3.89. The Bertz CT molecular complexity index is 717. The second-order valence-corrected chi connectivity index (χ2v) is 8.62. The predicted molar refractivity (Wildman–Crippen MR) is 84.0 cm³/mol. The second kappa shape index (κ2) is 5.79. The minimum absolute atomic E-state index is 0.158. The van der Waals surface area contributed by atoms with Crippen LogP contribution in [0.1, 0.15) is 29.9 Å². The summed E-state index contributed by atoms with van der Waals surface area (Å²) in [6.45, 7) is 7.83. The number of carbonyl (C=O) groups is 1. The zero-order valence-corrected chi connectivity index (χ0v) is 14.5. The average Bonchev–Trinajstić information content (AvgIpc) is 3.10. The van der Waals surface area contributed by atoms with Gasteiger partial charge in [0.2, 0.25) is 15.9 Å². The summed E-state index contributed by atoms with van der Waals surface area (Å²) in [6, 6.07) is 0. The topological polar surface area (TPSA) is 84.7 Å². The molecule has 1 aromatic rings. The molecular formula is C14H22N4O4S. The maximum Gasteiger partial charge on any atom is 0.274 e. The van der Waals surface area contributed by atoms with E-state index in [-0.39, 0.29) is 5.91 Å². The zero-order chi connectivity index (χ0) is 16.8. The molecule has 8 nitrogen and oxygen atoms in total. The Kier molecular flexibility index (Phi) is 4.09. The lowest BCUT2D eigenvalue weighted by Gasteiger charge is -2.34. The molecule has 23 heavy (non-hydrogen) atoms. The SMILES string of the molecule is Cc1c(C(=O)N2CCN(S(=O)(=O)C(C)C)CC2)nn2c1OCC2. The van der Waals surface area contributed by atoms with Gasteiger partial charge in [-0.1, -0.05) is 0 Å². The highest BCUT2D eigenvalue weighted by Gasteiger charge is 2.33. The fraction of sp³-hybridized carbons (Fsp3) is 0.714. The molecule has 1 saturated heterocycles. The van der Waals surface area contributed by atoms with Crippen LogP contribution in [0.4, 0.5) is 0 Å². The fourth-order valence-electron chi connectivity index (χ4n) is 2.90. The van der Waals surface area contributed by atoms with Crippen LogP contribution in [0.5, 0.6) is 5.88 Å². The molecule has 1 amide bonds. The Morgan fingerprint density at radius 1 is 1.17 bits per heavy atom. The van der Waals surface area contributed by atoms with Crippen LogP contribution in [0.2, 0.25) is 0 Å². The van der Waals surface area contributed by atoms with E-state index >= 15 is 0 Å². The van der Waals surface area contributed by atoms with E-state index in [1.807, 2.05) is 6.92 Å². The number of hydrogen-bond acceptors (Lipinski definition) is 5. The number of aromatic nitrogens is 2. The lowest BCUT2D eigenvalue weighted by atomic mass is 10.2. The Hall–Kier alpha value is -1.61. The summed E-state index contributed by atoms with van der Waals surface area (Å²) < 4.78 is 33.0. The molecule has 0 unspecified atom stereocenters. The first-order chi connectivity index (χ1) is 10.8. The molecule has 9 heteroatoms. The normalized spacial score (nSPS) is 19.0. The van der Waals surface area contributed by atoms with E-state index in [0.29, 0.717) is 50.9 Å². The Labute approximate surface area is 136 Å². The Balaban J connectivity index is 1.70. The molecule has 0 aliphatic carbocycles. The first kappa shape index (κ1) is 16.3. The number of carbonyl (C=O) groups excluding carboxylic acids is 1. The van der Waals surface area contributed by atoms with Gasteiger partial charge >= 0.3 is 0 Å². The first-order valence-electron chi connectivity index (χ1n) is 7.81. The number of sulfonamides is 1. The van der Waals surface area contributed by atoms with Crippen LogP contribution in [0, 0.1) is 6.92 Å². The third-order valence-electron chi connectivity index (χ3n) is 4.36. The number of hydrogen-bond donors (Lipinski definition) is 0. The monoisotopic (exact) mass is 342 g/mol. The van der Waals surface area contributed by atoms with Gasteiger partial charge < -0.3 is 9.64 Å². The minimum Gasteiger partial charge on any atom is -0.476 e. The molecule has 0 bridgehead atoms. The van der Waals surface area contributed by atoms with Crippen molar-refractivity contribution >= 4 is 15.9 Å². The van der Waals surface area contributed by atoms with E-state index in [2.05, 4.69) is 5.10 Å². The molecule has 128 valence electrons. The molecule has 0 saturated carbocycles. The molecule has 0 N–H and O–H groups in total. The van der Waals surface area contributed by atoms with Gasteiger partial charge in [0.25, 0.3) is 5.91 Å². The van der Waals surface area contributed by atoms with Crippen molar-refractivity contribution in [3.05, 3.63) is 11.3 Å². The van der Waals surface area contributed by atoms with Crippen molar-refractivity contribution in [2.45, 2.75) is 32.6 Å². The van der Waals surface area contributed by atoms with E-state index in [4.69, 9.17) is 4.74 Å². The number of rotatable bonds is 3. The zero-order valence-electron chi connectivity index (χ0n) is 13.7. The van der Waals surface area contributed by atoms with Crippen molar-refractivity contribution < 1.29 is 17.9 Å². The van der Waals surface area contributed by atoms with Crippen molar-refractivity contribution in [3.63, 3.8) is 0 Å². The van der Waals surface area contributed by atoms with Crippen LogP contribution in [0.25, 0.3) is 0 Å². The second-order valence-electron chi connectivity index (χ2n) is 6.14. The summed E-state index contributed by atoms with van der Waals surface area (Å²) in [6.07, 6.45) is 0. The van der Waals surface area contributed by atoms with Crippen LogP contribution >= 0.6 is 0 Å². The van der Waals surface area contributed by atoms with Crippen molar-refractivity contribution in [2.75, 3.05) is 32.8 Å². The van der Waals surface area contributed by atoms with Crippen LogP contribution in [0.3, 0.4) is 0 Å². The molecule has 3 rings (SSSR count). The van der Waals surface area contributed by atoms with Crippen molar-refractivity contribution in [3.8, 4) is 5.88 Å². The Morgan fingerprint density at radius 3 is 2.39 bits per heavy atom. The average molecular weight is 342 g/mol. The largest absolute Gasteiger partial charge is 0.476 e. The van der Waals surface area contributed by atoms with E-state index in [0.717, 1.165) is 5.56 Å². The quantitative estimate of drug-likeness (QED) is 0.777. The Morgan fingerprint density at radius 2 is 1.83 bits per heavy atom. The van der Waals surface area contributed by atoms with Gasteiger partial charge in [0.15, 0.2) is 5.69 Å². The standard InChI is InChI=1S/C14H22N4O4S/c1-10(2)23(20,21)17-6-4-16(5-7-17)13(19)12-11(3)14-18(15-12)8-9-22-14/h10H,4-9H2,1-3H3. The van der Waals surface area contributed by atoms with Crippen molar-refractivity contribution in [2.24, 2.45) is 0 Å². The molecule has 0 spiro atoms. The molecule has 2 aliphatic rings. The molecule has 0 aromatic carbocycles. The van der Waals surface area contributed by atoms with Gasteiger partial charge in [-0.25, -0.2) is 13.1 Å². The van der Waals surface area contributed by atoms with Crippen molar-refractivity contribution in [1.29, 1.82) is 0 Å². The molecule has 3 heterocycles.